The van der Waals surface area contributed by atoms with Crippen LogP contribution in [-0.2, 0) is 4.79 Å². The van der Waals surface area contributed by atoms with Crippen LogP contribution in [0.3, 0.4) is 0 Å². The molecule has 2 aliphatic heterocycles. The van der Waals surface area contributed by atoms with Crippen molar-refractivity contribution >= 4 is 40.7 Å². The highest BCUT2D eigenvalue weighted by atomic mass is 35.5. The Morgan fingerprint density at radius 2 is 1.64 bits per heavy atom. The van der Waals surface area contributed by atoms with Crippen LogP contribution in [0.2, 0.25) is 5.02 Å². The van der Waals surface area contributed by atoms with Gasteiger partial charge in [0.05, 0.1) is 18.0 Å². The number of carbonyl (C=O) groups is 1. The minimum absolute atomic E-state index is 0.258. The summed E-state index contributed by atoms with van der Waals surface area (Å²) in [6.07, 6.45) is 2.14. The van der Waals surface area contributed by atoms with Gasteiger partial charge in [0.1, 0.15) is 0 Å². The van der Waals surface area contributed by atoms with Gasteiger partial charge in [-0.15, -0.1) is 0 Å². The summed E-state index contributed by atoms with van der Waals surface area (Å²) in [4.78, 5) is 19.5. The Hall–Kier alpha value is -1.77. The second kappa shape index (κ2) is 13.2. The molecule has 4 rings (SSSR count). The van der Waals surface area contributed by atoms with E-state index in [4.69, 9.17) is 21.8 Å². The topological polar surface area (TPSA) is 67.2 Å². The fraction of sp³-hybridized carbons (Fsp3) is 0.480. The Kier molecular flexibility index (Phi) is 10.3. The van der Waals surface area contributed by atoms with Gasteiger partial charge in [0, 0.05) is 60.5 Å². The molecule has 0 unspecified atom stereocenters. The highest BCUT2D eigenvalue weighted by Gasteiger charge is 2.23. The molecule has 2 aromatic carbocycles. The maximum atomic E-state index is 9.60. The van der Waals surface area contributed by atoms with Gasteiger partial charge in [0.2, 0.25) is 0 Å². The number of rotatable bonds is 8. The van der Waals surface area contributed by atoms with E-state index in [2.05, 4.69) is 51.1 Å². The number of carboxylic acids is 1. The zero-order valence-corrected chi connectivity index (χ0v) is 20.8. The van der Waals surface area contributed by atoms with Crippen molar-refractivity contribution in [3.8, 4) is 0 Å². The number of aliphatic hydroxyl groups is 1. The first kappa shape index (κ1) is 25.8. The van der Waals surface area contributed by atoms with Crippen molar-refractivity contribution < 1.29 is 15.0 Å². The monoisotopic (exact) mass is 491 g/mol. The first-order chi connectivity index (χ1) is 16.0. The van der Waals surface area contributed by atoms with Crippen LogP contribution in [-0.4, -0.2) is 78.4 Å². The van der Waals surface area contributed by atoms with Crippen LogP contribution < -0.4 is 4.90 Å². The van der Waals surface area contributed by atoms with Gasteiger partial charge < -0.3 is 20.0 Å². The molecule has 0 radical (unpaired) electrons. The van der Waals surface area contributed by atoms with E-state index in [1.54, 1.807) is 0 Å². The lowest BCUT2D eigenvalue weighted by Gasteiger charge is -2.36. The van der Waals surface area contributed by atoms with Crippen LogP contribution >= 0.6 is 23.4 Å². The van der Waals surface area contributed by atoms with Gasteiger partial charge in [0.25, 0.3) is 0 Å². The normalized spacial score (nSPS) is 15.9. The number of hydrogen-bond acceptors (Lipinski definition) is 6. The van der Waals surface area contributed by atoms with Gasteiger partial charge in [-0.25, -0.2) is 0 Å². The van der Waals surface area contributed by atoms with E-state index in [0.717, 1.165) is 63.7 Å². The molecule has 8 heteroatoms. The van der Waals surface area contributed by atoms with E-state index in [-0.39, 0.29) is 6.61 Å². The molecule has 2 aliphatic rings. The zero-order valence-electron chi connectivity index (χ0n) is 19.3. The van der Waals surface area contributed by atoms with E-state index in [1.165, 1.54) is 21.2 Å². The molecule has 2 aromatic rings. The van der Waals surface area contributed by atoms with Gasteiger partial charge >= 0.3 is 5.97 Å². The summed E-state index contributed by atoms with van der Waals surface area (Å²) in [7, 11) is 0. The number of nitrogens with zero attached hydrogens (tertiary/aromatic N) is 3. The van der Waals surface area contributed by atoms with E-state index in [0.29, 0.717) is 6.42 Å². The number of β-amino-alcohol motifs (C(OH)–C–C–N with tert-alkyl or cyclic N) is 1. The Bertz CT molecular complexity index is 906. The highest BCUT2D eigenvalue weighted by molar-refractivity contribution is 7.99. The predicted octanol–water partition coefficient (Wildman–Crippen LogP) is 4.81. The molecule has 1 fully saturated rings. The Balaban J connectivity index is 0.000000454. The zero-order chi connectivity index (χ0) is 23.6. The van der Waals surface area contributed by atoms with Crippen LogP contribution in [0.4, 0.5) is 11.4 Å². The predicted molar refractivity (Wildman–Crippen MR) is 136 cm³/mol. The maximum Gasteiger partial charge on any atom is 0.303 e. The number of anilines is 2. The minimum atomic E-state index is -0.711. The molecule has 0 aromatic heterocycles. The number of aliphatic hydroxyl groups excluding tert-OH is 1. The molecule has 180 valence electrons. The number of para-hydroxylation sites is 1. The molecule has 0 atom stereocenters. The summed E-state index contributed by atoms with van der Waals surface area (Å²) in [6.45, 7) is 9.29. The molecule has 33 heavy (non-hydrogen) atoms. The molecular formula is C25H34ClN3O3S. The van der Waals surface area contributed by atoms with Crippen molar-refractivity contribution in [3.05, 3.63) is 47.5 Å². The number of fused-ring (bicyclic) bond motifs is 2. The smallest absolute Gasteiger partial charge is 0.303 e. The quantitative estimate of drug-likeness (QED) is 0.549. The summed E-state index contributed by atoms with van der Waals surface area (Å²) in [5, 5.41) is 17.8. The number of piperazine rings is 1. The fourth-order valence-electron chi connectivity index (χ4n) is 4.09. The van der Waals surface area contributed by atoms with E-state index in [9.17, 15) is 4.79 Å². The minimum Gasteiger partial charge on any atom is -0.481 e. The molecule has 2 N–H and O–H groups in total. The fourth-order valence-corrected chi connectivity index (χ4v) is 5.33. The Labute approximate surface area is 206 Å². The average molecular weight is 492 g/mol. The molecule has 0 bridgehead atoms. The number of aliphatic carboxylic acids is 1. The van der Waals surface area contributed by atoms with Gasteiger partial charge in [0.15, 0.2) is 0 Å². The van der Waals surface area contributed by atoms with E-state index < -0.39 is 5.97 Å². The van der Waals surface area contributed by atoms with Crippen molar-refractivity contribution in [2.75, 3.05) is 57.3 Å². The first-order valence-corrected chi connectivity index (χ1v) is 12.8. The van der Waals surface area contributed by atoms with Crippen LogP contribution in [0, 0.1) is 0 Å². The largest absolute Gasteiger partial charge is 0.481 e. The van der Waals surface area contributed by atoms with Crippen molar-refractivity contribution in [3.63, 3.8) is 0 Å². The first-order valence-electron chi connectivity index (χ1n) is 11.6. The highest BCUT2D eigenvalue weighted by Crippen LogP contribution is 2.48. The SMILES string of the molecule is CCCC(=O)O.OCCN1CCN(CCCN2c3ccccc3Sc3ccc(Cl)cc32)CC1. The van der Waals surface area contributed by atoms with Crippen LogP contribution in [0.1, 0.15) is 26.2 Å². The van der Waals surface area contributed by atoms with Crippen molar-refractivity contribution in [2.24, 2.45) is 0 Å². The van der Waals surface area contributed by atoms with Gasteiger partial charge in [-0.3, -0.25) is 9.69 Å². The maximum absolute atomic E-state index is 9.60. The number of hydrogen-bond donors (Lipinski definition) is 2. The third-order valence-corrected chi connectivity index (χ3v) is 7.15. The molecular weight excluding hydrogens is 458 g/mol. The lowest BCUT2D eigenvalue weighted by molar-refractivity contribution is -0.137. The van der Waals surface area contributed by atoms with E-state index >= 15 is 0 Å². The Morgan fingerprint density at radius 1 is 0.970 bits per heavy atom. The van der Waals surface area contributed by atoms with Crippen molar-refractivity contribution in [2.45, 2.75) is 36.0 Å². The van der Waals surface area contributed by atoms with Crippen molar-refractivity contribution in [1.82, 2.24) is 9.80 Å². The number of carboxylic acid groups (broad SMARTS) is 1. The molecule has 2 heterocycles. The summed E-state index contributed by atoms with van der Waals surface area (Å²) < 4.78 is 0. The third kappa shape index (κ3) is 7.62. The number of benzene rings is 2. The lowest BCUT2D eigenvalue weighted by atomic mass is 10.2. The second-order valence-corrected chi connectivity index (χ2v) is 9.76. The summed E-state index contributed by atoms with van der Waals surface area (Å²) in [5.41, 5.74) is 2.50. The second-order valence-electron chi connectivity index (χ2n) is 8.24. The van der Waals surface area contributed by atoms with E-state index in [1.807, 2.05) is 24.8 Å². The molecule has 6 nitrogen and oxygen atoms in total. The average Bonchev–Trinajstić information content (AvgIpc) is 2.80. The summed E-state index contributed by atoms with van der Waals surface area (Å²) >= 11 is 8.12. The molecule has 0 aliphatic carbocycles. The number of halogens is 1. The van der Waals surface area contributed by atoms with Crippen molar-refractivity contribution in [1.29, 1.82) is 0 Å². The van der Waals surface area contributed by atoms with Crippen LogP contribution in [0.5, 0.6) is 0 Å². The Morgan fingerprint density at radius 3 is 2.27 bits per heavy atom. The lowest BCUT2D eigenvalue weighted by Crippen LogP contribution is -2.47. The molecule has 0 saturated carbocycles. The molecule has 0 spiro atoms. The van der Waals surface area contributed by atoms with Crippen LogP contribution in [0.25, 0.3) is 0 Å². The molecule has 0 amide bonds. The standard InChI is InChI=1S/C21H26ClN3OS.C4H8O2/c22-17-6-7-21-19(16-17)25(18-4-1-2-5-20(18)27-21)9-3-8-23-10-12-24(13-11-23)14-15-26;1-2-3-4(5)6/h1-2,4-7,16,26H,3,8-15H2;2-3H2,1H3,(H,5,6). The van der Waals surface area contributed by atoms with Gasteiger partial charge in [-0.2, -0.15) is 0 Å². The molecule has 1 saturated heterocycles. The summed E-state index contributed by atoms with van der Waals surface area (Å²) in [5.74, 6) is -0.711. The third-order valence-electron chi connectivity index (χ3n) is 5.79. The van der Waals surface area contributed by atoms with Crippen LogP contribution in [0.15, 0.2) is 52.3 Å². The van der Waals surface area contributed by atoms with Gasteiger partial charge in [-0.05, 0) is 49.7 Å². The summed E-state index contributed by atoms with van der Waals surface area (Å²) in [6, 6.07) is 14.8. The van der Waals surface area contributed by atoms with Gasteiger partial charge in [-0.1, -0.05) is 42.4 Å².